The first-order valence-corrected chi connectivity index (χ1v) is 9.16. The first-order chi connectivity index (χ1) is 12.1. The molecule has 1 fully saturated rings. The Bertz CT molecular complexity index is 732. The van der Waals surface area contributed by atoms with Gasteiger partial charge in [0, 0.05) is 18.2 Å². The molecular formula is C18H20N2O4S. The van der Waals surface area contributed by atoms with Crippen LogP contribution in [0.5, 0.6) is 5.75 Å². The molecule has 2 heterocycles. The van der Waals surface area contributed by atoms with E-state index in [2.05, 4.69) is 12.2 Å². The van der Waals surface area contributed by atoms with Crippen molar-refractivity contribution in [1.29, 1.82) is 0 Å². The van der Waals surface area contributed by atoms with Crippen LogP contribution in [-0.4, -0.2) is 34.6 Å². The number of nitrogens with zero attached hydrogens (tertiary/aromatic N) is 1. The number of hydrogen-bond donors (Lipinski definition) is 1. The summed E-state index contributed by atoms with van der Waals surface area (Å²) in [6, 6.07) is 7.68. The van der Waals surface area contributed by atoms with Crippen molar-refractivity contribution in [2.45, 2.75) is 38.8 Å². The van der Waals surface area contributed by atoms with Crippen LogP contribution in [0.4, 0.5) is 4.79 Å². The Kier molecular flexibility index (Phi) is 5.43. The smallest absolute Gasteiger partial charge is 0.290 e. The van der Waals surface area contributed by atoms with Crippen molar-refractivity contribution in [3.63, 3.8) is 0 Å². The van der Waals surface area contributed by atoms with Gasteiger partial charge in [0.25, 0.3) is 11.1 Å². The molecule has 1 saturated heterocycles. The maximum Gasteiger partial charge on any atom is 0.290 e. The first-order valence-electron chi connectivity index (χ1n) is 8.35. The molecule has 0 aliphatic carbocycles. The van der Waals surface area contributed by atoms with Gasteiger partial charge in [0.1, 0.15) is 11.9 Å². The third-order valence-corrected chi connectivity index (χ3v) is 4.95. The molecule has 0 aromatic heterocycles. The topological polar surface area (TPSA) is 75.7 Å². The van der Waals surface area contributed by atoms with Gasteiger partial charge < -0.3 is 9.64 Å². The van der Waals surface area contributed by atoms with Crippen LogP contribution in [0, 0.1) is 0 Å². The van der Waals surface area contributed by atoms with Gasteiger partial charge in [-0.15, -0.1) is 0 Å². The molecule has 2 aliphatic heterocycles. The molecule has 0 saturated carbocycles. The Balaban J connectivity index is 1.81. The van der Waals surface area contributed by atoms with E-state index < -0.39 is 11.1 Å². The van der Waals surface area contributed by atoms with Crippen molar-refractivity contribution < 1.29 is 19.1 Å². The zero-order chi connectivity index (χ0) is 17.8. The second-order valence-corrected chi connectivity index (χ2v) is 7.08. The van der Waals surface area contributed by atoms with E-state index in [1.54, 1.807) is 4.90 Å². The predicted octanol–water partition coefficient (Wildman–Crippen LogP) is 2.83. The largest absolute Gasteiger partial charge is 0.488 e. The molecule has 7 heteroatoms. The maximum atomic E-state index is 12.7. The fourth-order valence-corrected chi connectivity index (χ4v) is 3.50. The maximum absolute atomic E-state index is 12.7. The lowest BCUT2D eigenvalue weighted by Crippen LogP contribution is -2.36. The van der Waals surface area contributed by atoms with Gasteiger partial charge in [0.05, 0.1) is 11.4 Å². The lowest BCUT2D eigenvalue weighted by molar-refractivity contribution is -0.127. The van der Waals surface area contributed by atoms with Crippen molar-refractivity contribution in [1.82, 2.24) is 10.2 Å². The number of hydrogen-bond acceptors (Lipinski definition) is 5. The standard InChI is InChI=1S/C18H20N2O4S/c1-2-3-7-13-11-20(10-12-6-4-5-8-14(12)24-13)16(21)9-15-17(22)19-18(23)25-15/h4-6,8-9,13H,2-3,7,10-11H2,1H3,(H,19,22,23)/b15-9-/t13-/m0/s1. The van der Waals surface area contributed by atoms with Gasteiger partial charge in [-0.25, -0.2) is 0 Å². The van der Waals surface area contributed by atoms with E-state index in [0.717, 1.165) is 42.3 Å². The highest BCUT2D eigenvalue weighted by Gasteiger charge is 2.29. The van der Waals surface area contributed by atoms with Crippen molar-refractivity contribution in [3.8, 4) is 5.75 Å². The number of benzene rings is 1. The zero-order valence-electron chi connectivity index (χ0n) is 14.0. The van der Waals surface area contributed by atoms with Gasteiger partial charge in [-0.05, 0) is 30.7 Å². The van der Waals surface area contributed by atoms with Crippen LogP contribution in [-0.2, 0) is 16.1 Å². The molecule has 1 N–H and O–H groups in total. The second-order valence-electron chi connectivity index (χ2n) is 6.06. The number of thioether (sulfide) groups is 1. The van der Waals surface area contributed by atoms with Gasteiger partial charge in [-0.3, -0.25) is 19.7 Å². The van der Waals surface area contributed by atoms with E-state index in [4.69, 9.17) is 4.74 Å². The molecule has 2 aliphatic rings. The number of imide groups is 1. The van der Waals surface area contributed by atoms with Gasteiger partial charge in [0.2, 0.25) is 5.91 Å². The molecule has 1 aromatic rings. The predicted molar refractivity (Wildman–Crippen MR) is 95.0 cm³/mol. The Morgan fingerprint density at radius 3 is 2.92 bits per heavy atom. The Labute approximate surface area is 150 Å². The molecule has 0 spiro atoms. The summed E-state index contributed by atoms with van der Waals surface area (Å²) in [6.45, 7) is 2.99. The Morgan fingerprint density at radius 1 is 1.40 bits per heavy atom. The van der Waals surface area contributed by atoms with E-state index in [1.807, 2.05) is 24.3 Å². The number of carbonyl (C=O) groups excluding carboxylic acids is 3. The number of para-hydroxylation sites is 1. The van der Waals surface area contributed by atoms with E-state index in [1.165, 1.54) is 6.08 Å². The lowest BCUT2D eigenvalue weighted by atomic mass is 10.1. The molecule has 0 unspecified atom stereocenters. The van der Waals surface area contributed by atoms with Crippen molar-refractivity contribution in [2.24, 2.45) is 0 Å². The minimum absolute atomic E-state index is 0.0855. The molecule has 1 aromatic carbocycles. The van der Waals surface area contributed by atoms with Crippen LogP contribution >= 0.6 is 11.8 Å². The molecule has 3 amide bonds. The van der Waals surface area contributed by atoms with Gasteiger partial charge in [-0.2, -0.15) is 0 Å². The SMILES string of the molecule is CCCC[C@H]1CN(C(=O)/C=C2\SC(=O)NC2=O)Cc2ccccc2O1. The molecule has 6 nitrogen and oxygen atoms in total. The molecular weight excluding hydrogens is 340 g/mol. The van der Waals surface area contributed by atoms with E-state index in [9.17, 15) is 14.4 Å². The number of unbranched alkanes of at least 4 members (excludes halogenated alkanes) is 1. The number of amides is 3. The molecule has 3 rings (SSSR count). The molecule has 0 radical (unpaired) electrons. The lowest BCUT2D eigenvalue weighted by Gasteiger charge is -2.23. The normalized spacial score (nSPS) is 21.6. The number of carbonyl (C=O) groups is 3. The highest BCUT2D eigenvalue weighted by atomic mass is 32.2. The summed E-state index contributed by atoms with van der Waals surface area (Å²) in [6.07, 6.45) is 4.09. The summed E-state index contributed by atoms with van der Waals surface area (Å²) in [5, 5.41) is 1.71. The van der Waals surface area contributed by atoms with Gasteiger partial charge in [0.15, 0.2) is 0 Å². The summed E-state index contributed by atoms with van der Waals surface area (Å²) in [5.41, 5.74) is 0.938. The van der Waals surface area contributed by atoms with E-state index in [0.29, 0.717) is 13.1 Å². The average Bonchev–Trinajstić information content (AvgIpc) is 2.80. The number of nitrogens with one attached hydrogen (secondary N) is 1. The number of ether oxygens (including phenoxy) is 1. The van der Waals surface area contributed by atoms with E-state index >= 15 is 0 Å². The van der Waals surface area contributed by atoms with Gasteiger partial charge >= 0.3 is 0 Å². The fraction of sp³-hybridized carbons (Fsp3) is 0.389. The Morgan fingerprint density at radius 2 is 2.20 bits per heavy atom. The highest BCUT2D eigenvalue weighted by Crippen LogP contribution is 2.28. The summed E-state index contributed by atoms with van der Waals surface area (Å²) >= 11 is 0.754. The van der Waals surface area contributed by atoms with Crippen molar-refractivity contribution >= 4 is 28.8 Å². The van der Waals surface area contributed by atoms with Crippen LogP contribution in [0.1, 0.15) is 31.7 Å². The zero-order valence-corrected chi connectivity index (χ0v) is 14.8. The minimum atomic E-state index is -0.516. The third kappa shape index (κ3) is 4.22. The van der Waals surface area contributed by atoms with Crippen molar-refractivity contribution in [3.05, 3.63) is 40.8 Å². The summed E-state index contributed by atoms with van der Waals surface area (Å²) in [4.78, 5) is 37.4. The second kappa shape index (κ2) is 7.74. The number of rotatable bonds is 4. The quantitative estimate of drug-likeness (QED) is 0.836. The fourth-order valence-electron chi connectivity index (χ4n) is 2.86. The van der Waals surface area contributed by atoms with Crippen LogP contribution in [0.3, 0.4) is 0 Å². The summed E-state index contributed by atoms with van der Waals surface area (Å²) in [7, 11) is 0. The minimum Gasteiger partial charge on any atom is -0.488 e. The van der Waals surface area contributed by atoms with Crippen LogP contribution in [0.15, 0.2) is 35.2 Å². The Hall–Kier alpha value is -2.28. The first kappa shape index (κ1) is 17.5. The van der Waals surface area contributed by atoms with Gasteiger partial charge in [-0.1, -0.05) is 31.5 Å². The summed E-state index contributed by atoms with van der Waals surface area (Å²) in [5.74, 6) is 0.00113. The molecule has 1 atom stereocenters. The van der Waals surface area contributed by atoms with Crippen LogP contribution in [0.2, 0.25) is 0 Å². The third-order valence-electron chi connectivity index (χ3n) is 4.14. The van der Waals surface area contributed by atoms with E-state index in [-0.39, 0.29) is 16.9 Å². The monoisotopic (exact) mass is 360 g/mol. The molecule has 25 heavy (non-hydrogen) atoms. The average molecular weight is 360 g/mol. The molecule has 0 bridgehead atoms. The molecule has 132 valence electrons. The highest BCUT2D eigenvalue weighted by molar-refractivity contribution is 8.18. The number of fused-ring (bicyclic) bond motifs is 1. The van der Waals surface area contributed by atoms with Crippen LogP contribution in [0.25, 0.3) is 0 Å². The van der Waals surface area contributed by atoms with Crippen LogP contribution < -0.4 is 10.1 Å². The summed E-state index contributed by atoms with van der Waals surface area (Å²) < 4.78 is 6.09. The van der Waals surface area contributed by atoms with Crippen molar-refractivity contribution in [2.75, 3.05) is 6.54 Å².